The van der Waals surface area contributed by atoms with Gasteiger partial charge >= 0.3 is 0 Å². The Balaban J connectivity index is 1.34. The Morgan fingerprint density at radius 2 is 1.77 bits per heavy atom. The van der Waals surface area contributed by atoms with E-state index in [9.17, 15) is 13.2 Å². The molecule has 1 N–H and O–H groups in total. The molecule has 0 aliphatic carbocycles. The molecule has 1 amide bonds. The number of aliphatic imine (C=N–C) groups is 1. The fraction of sp³-hybridized carbons (Fsp3) is 0.217. The average molecular weight is 533 g/mol. The van der Waals surface area contributed by atoms with Crippen molar-refractivity contribution in [1.82, 2.24) is 4.90 Å². The summed E-state index contributed by atoms with van der Waals surface area (Å²) in [6.45, 7) is 2.86. The molecule has 0 saturated carbocycles. The Hall–Kier alpha value is -3.15. The van der Waals surface area contributed by atoms with Gasteiger partial charge in [-0.05, 0) is 54.5 Å². The smallest absolute Gasteiger partial charge is 0.283 e. The number of halogens is 1. The summed E-state index contributed by atoms with van der Waals surface area (Å²) in [5, 5.41) is 8.81. The van der Waals surface area contributed by atoms with Gasteiger partial charge in [-0.1, -0.05) is 23.7 Å². The quantitative estimate of drug-likeness (QED) is 0.323. The van der Waals surface area contributed by atoms with Crippen LogP contribution in [0.5, 0.6) is 11.5 Å². The molecule has 0 unspecified atom stereocenters. The lowest BCUT2D eigenvalue weighted by molar-refractivity contribution is -0.114. The summed E-state index contributed by atoms with van der Waals surface area (Å²) in [6, 6.07) is 12.5. The number of fused-ring (bicyclic) bond motifs is 1. The standard InChI is InChI=1S/C23H21ClN4O5S2/c1-14-12-17(8-9-19(14)24)33-11-3-10-32-16-6-4-15(5-7-16)13-18-20(25)28-22(26-21(18)29)34-27-23(28)35(2,30)31/h4-9,12-13,25H,3,10-11H2,1-2H3/b18-13-,25-20?. The number of sulfone groups is 1. The predicted octanol–water partition coefficient (Wildman–Crippen LogP) is 4.12. The van der Waals surface area contributed by atoms with Gasteiger partial charge in [-0.2, -0.15) is 9.39 Å². The number of benzene rings is 2. The summed E-state index contributed by atoms with van der Waals surface area (Å²) < 4.78 is 39.2. The highest BCUT2D eigenvalue weighted by atomic mass is 35.5. The fourth-order valence-electron chi connectivity index (χ4n) is 3.21. The van der Waals surface area contributed by atoms with Crippen LogP contribution in [-0.2, 0) is 14.6 Å². The van der Waals surface area contributed by atoms with Gasteiger partial charge in [0.1, 0.15) is 17.3 Å². The molecule has 35 heavy (non-hydrogen) atoms. The van der Waals surface area contributed by atoms with Crippen molar-refractivity contribution >= 4 is 61.5 Å². The van der Waals surface area contributed by atoms with Crippen molar-refractivity contribution in [2.45, 2.75) is 13.3 Å². The third-order valence-electron chi connectivity index (χ3n) is 4.97. The van der Waals surface area contributed by atoms with Gasteiger partial charge in [-0.3, -0.25) is 10.2 Å². The SMILES string of the molecule is Cc1cc(OCCCOc2ccc(/C=C3/C(=N)N4C(=NC3=O)SN=C4S(C)(=O)=O)cc2)ccc1Cl. The molecule has 0 saturated heterocycles. The van der Waals surface area contributed by atoms with Crippen LogP contribution in [0.15, 0.2) is 57.4 Å². The summed E-state index contributed by atoms with van der Waals surface area (Å²) in [5.41, 5.74) is 1.56. The van der Waals surface area contributed by atoms with Crippen molar-refractivity contribution in [2.24, 2.45) is 9.39 Å². The molecule has 9 nitrogen and oxygen atoms in total. The summed E-state index contributed by atoms with van der Waals surface area (Å²) in [7, 11) is -3.69. The van der Waals surface area contributed by atoms with E-state index in [-0.39, 0.29) is 21.7 Å². The Kier molecular flexibility index (Phi) is 7.29. The van der Waals surface area contributed by atoms with Crippen molar-refractivity contribution in [3.05, 3.63) is 64.2 Å². The Labute approximate surface area is 212 Å². The van der Waals surface area contributed by atoms with E-state index in [0.29, 0.717) is 36.0 Å². The van der Waals surface area contributed by atoms with E-state index in [4.69, 9.17) is 26.5 Å². The second-order valence-electron chi connectivity index (χ2n) is 7.71. The van der Waals surface area contributed by atoms with Crippen LogP contribution in [0.2, 0.25) is 5.02 Å². The topological polar surface area (TPSA) is 121 Å². The van der Waals surface area contributed by atoms with Crippen LogP contribution in [0.25, 0.3) is 6.08 Å². The van der Waals surface area contributed by atoms with E-state index in [0.717, 1.165) is 34.4 Å². The van der Waals surface area contributed by atoms with E-state index in [1.54, 1.807) is 30.3 Å². The second-order valence-corrected chi connectivity index (χ2v) is 10.8. The minimum Gasteiger partial charge on any atom is -0.493 e. The minimum absolute atomic E-state index is 0.0316. The summed E-state index contributed by atoms with van der Waals surface area (Å²) in [4.78, 5) is 17.4. The first-order valence-electron chi connectivity index (χ1n) is 10.4. The highest BCUT2D eigenvalue weighted by molar-refractivity contribution is 8.16. The van der Waals surface area contributed by atoms with E-state index < -0.39 is 15.7 Å². The van der Waals surface area contributed by atoms with Gasteiger partial charge in [0.15, 0.2) is 0 Å². The zero-order valence-corrected chi connectivity index (χ0v) is 21.2. The predicted molar refractivity (Wildman–Crippen MR) is 138 cm³/mol. The first-order chi connectivity index (χ1) is 16.6. The molecule has 2 aromatic carbocycles. The molecule has 2 aliphatic heterocycles. The van der Waals surface area contributed by atoms with Crippen molar-refractivity contribution in [2.75, 3.05) is 19.5 Å². The van der Waals surface area contributed by atoms with Crippen LogP contribution in [0.3, 0.4) is 0 Å². The fourth-order valence-corrected chi connectivity index (χ4v) is 5.17. The Bertz CT molecular complexity index is 1390. The van der Waals surface area contributed by atoms with Crippen LogP contribution in [0, 0.1) is 12.3 Å². The summed E-state index contributed by atoms with van der Waals surface area (Å²) in [5.74, 6) is 0.480. The molecule has 182 valence electrons. The van der Waals surface area contributed by atoms with E-state index >= 15 is 0 Å². The molecule has 12 heteroatoms. The third-order valence-corrected chi connectivity index (χ3v) is 7.15. The van der Waals surface area contributed by atoms with E-state index in [1.165, 1.54) is 6.08 Å². The minimum atomic E-state index is -3.69. The number of carbonyl (C=O) groups is 1. The molecule has 2 heterocycles. The largest absolute Gasteiger partial charge is 0.493 e. The molecule has 4 rings (SSSR count). The van der Waals surface area contributed by atoms with Crippen LogP contribution in [0.1, 0.15) is 17.5 Å². The summed E-state index contributed by atoms with van der Waals surface area (Å²) >= 11 is 6.77. The lowest BCUT2D eigenvalue weighted by Crippen LogP contribution is -2.45. The number of nitrogens with one attached hydrogen (secondary N) is 1. The van der Waals surface area contributed by atoms with Crippen LogP contribution in [-0.4, -0.2) is 54.9 Å². The van der Waals surface area contributed by atoms with Crippen molar-refractivity contribution in [3.8, 4) is 11.5 Å². The molecule has 2 aliphatic rings. The van der Waals surface area contributed by atoms with Gasteiger partial charge in [0, 0.05) is 17.7 Å². The van der Waals surface area contributed by atoms with Crippen molar-refractivity contribution in [3.63, 3.8) is 0 Å². The molecule has 0 fully saturated rings. The van der Waals surface area contributed by atoms with Crippen molar-refractivity contribution in [1.29, 1.82) is 5.41 Å². The zero-order valence-electron chi connectivity index (χ0n) is 18.8. The van der Waals surface area contributed by atoms with Crippen molar-refractivity contribution < 1.29 is 22.7 Å². The maximum atomic E-state index is 12.4. The molecular formula is C23H21ClN4O5S2. The number of aryl methyl sites for hydroxylation is 1. The molecule has 0 spiro atoms. The third kappa shape index (κ3) is 5.75. The summed E-state index contributed by atoms with van der Waals surface area (Å²) in [6.07, 6.45) is 3.16. The van der Waals surface area contributed by atoms with Gasteiger partial charge in [0.25, 0.3) is 5.91 Å². The highest BCUT2D eigenvalue weighted by Crippen LogP contribution is 2.30. The number of hydrogen-bond donors (Lipinski definition) is 1. The van der Waals surface area contributed by atoms with E-state index in [1.807, 2.05) is 19.1 Å². The van der Waals surface area contributed by atoms with Crippen LogP contribution in [0.4, 0.5) is 0 Å². The van der Waals surface area contributed by atoms with Gasteiger partial charge in [-0.15, -0.1) is 0 Å². The Morgan fingerprint density at radius 1 is 1.11 bits per heavy atom. The van der Waals surface area contributed by atoms with Gasteiger partial charge < -0.3 is 9.47 Å². The highest BCUT2D eigenvalue weighted by Gasteiger charge is 2.41. The number of rotatable bonds is 7. The van der Waals surface area contributed by atoms with E-state index in [2.05, 4.69) is 9.39 Å². The number of carbonyl (C=O) groups excluding carboxylic acids is 1. The molecule has 2 aromatic rings. The lowest BCUT2D eigenvalue weighted by Gasteiger charge is -2.23. The van der Waals surface area contributed by atoms with Crippen LogP contribution >= 0.6 is 23.5 Å². The molecule has 0 aromatic heterocycles. The molecule has 0 atom stereocenters. The van der Waals surface area contributed by atoms with Gasteiger partial charge in [0.2, 0.25) is 20.2 Å². The maximum absolute atomic E-state index is 12.4. The normalized spacial score (nSPS) is 16.8. The number of ether oxygens (including phenoxy) is 2. The zero-order chi connectivity index (χ0) is 25.2. The first-order valence-corrected chi connectivity index (χ1v) is 13.5. The lowest BCUT2D eigenvalue weighted by atomic mass is 10.1. The average Bonchev–Trinajstić information content (AvgIpc) is 3.24. The maximum Gasteiger partial charge on any atom is 0.283 e. The Morgan fingerprint density at radius 3 is 2.43 bits per heavy atom. The molecular weight excluding hydrogens is 512 g/mol. The molecule has 0 radical (unpaired) electrons. The van der Waals surface area contributed by atoms with Gasteiger partial charge in [0.05, 0.1) is 30.7 Å². The molecule has 0 bridgehead atoms. The second kappa shape index (κ2) is 10.2. The number of hydrogen-bond acceptors (Lipinski definition) is 8. The van der Waals surface area contributed by atoms with Gasteiger partial charge in [-0.25, -0.2) is 13.3 Å². The number of amidine groups is 3. The van der Waals surface area contributed by atoms with Crippen LogP contribution < -0.4 is 9.47 Å². The number of amides is 1. The first kappa shape index (κ1) is 25.0. The number of nitrogens with zero attached hydrogens (tertiary/aromatic N) is 3. The monoisotopic (exact) mass is 532 g/mol.